The van der Waals surface area contributed by atoms with Crippen molar-refractivity contribution in [3.05, 3.63) is 53.9 Å². The molecule has 1 N–H and O–H groups in total. The van der Waals surface area contributed by atoms with Crippen LogP contribution in [0.1, 0.15) is 11.3 Å². The molecule has 0 aliphatic rings. The van der Waals surface area contributed by atoms with Crippen LogP contribution < -0.4 is 9.46 Å². The fourth-order valence-electron chi connectivity index (χ4n) is 2.26. The van der Waals surface area contributed by atoms with Gasteiger partial charge < -0.3 is 9.26 Å². The average molecular weight is 359 g/mol. The minimum Gasteiger partial charge on any atom is -0.495 e. The predicted octanol–water partition coefficient (Wildman–Crippen LogP) is 3.16. The number of sulfonamides is 1. The van der Waals surface area contributed by atoms with Crippen molar-refractivity contribution in [3.8, 4) is 17.1 Å². The van der Waals surface area contributed by atoms with Gasteiger partial charge in [-0.3, -0.25) is 4.72 Å². The highest BCUT2D eigenvalue weighted by atomic mass is 32.2. The molecule has 0 fully saturated rings. The molecule has 7 nitrogen and oxygen atoms in total. The maximum atomic E-state index is 12.8. The number of pyridine rings is 1. The Morgan fingerprint density at radius 1 is 1.12 bits per heavy atom. The number of aromatic nitrogens is 2. The molecule has 0 atom stereocenters. The fraction of sp³-hybridized carbons (Fsp3) is 0.176. The van der Waals surface area contributed by atoms with Gasteiger partial charge in [0.1, 0.15) is 16.5 Å². The Bertz CT molecular complexity index is 995. The second-order valence-electron chi connectivity index (χ2n) is 5.52. The standard InChI is InChI=1S/C17H17N3O4S/c1-11-4-7-17(18-10-11)20-25(21,22)16-9-13(5-6-14(16)23-3)15-8-12(2)19-24-15/h4-10H,1-3H3,(H,18,20). The zero-order valence-corrected chi connectivity index (χ0v) is 14.8. The Hall–Kier alpha value is -2.87. The Labute approximate surface area is 145 Å². The summed E-state index contributed by atoms with van der Waals surface area (Å²) in [4.78, 5) is 4.06. The summed E-state index contributed by atoms with van der Waals surface area (Å²) in [5.74, 6) is 0.929. The van der Waals surface area contributed by atoms with Crippen LogP contribution >= 0.6 is 0 Å². The van der Waals surface area contributed by atoms with Crippen molar-refractivity contribution in [3.63, 3.8) is 0 Å². The monoisotopic (exact) mass is 359 g/mol. The summed E-state index contributed by atoms with van der Waals surface area (Å²) in [5, 5.41) is 3.82. The van der Waals surface area contributed by atoms with Crippen LogP contribution in [0.5, 0.6) is 5.75 Å². The van der Waals surface area contributed by atoms with Crippen LogP contribution in [-0.4, -0.2) is 25.7 Å². The smallest absolute Gasteiger partial charge is 0.266 e. The minimum absolute atomic E-state index is 0.0103. The van der Waals surface area contributed by atoms with Crippen molar-refractivity contribution in [2.45, 2.75) is 18.7 Å². The molecule has 0 spiro atoms. The number of methoxy groups -OCH3 is 1. The molecule has 0 aliphatic heterocycles. The van der Waals surface area contributed by atoms with Crippen molar-refractivity contribution >= 4 is 15.8 Å². The van der Waals surface area contributed by atoms with Crippen LogP contribution in [0.15, 0.2) is 52.0 Å². The lowest BCUT2D eigenvalue weighted by Gasteiger charge is -2.12. The first-order valence-corrected chi connectivity index (χ1v) is 8.94. The van der Waals surface area contributed by atoms with Gasteiger partial charge in [-0.15, -0.1) is 0 Å². The van der Waals surface area contributed by atoms with E-state index in [1.54, 1.807) is 43.5 Å². The van der Waals surface area contributed by atoms with Crippen LogP contribution in [0.25, 0.3) is 11.3 Å². The highest BCUT2D eigenvalue weighted by Gasteiger charge is 2.22. The summed E-state index contributed by atoms with van der Waals surface area (Å²) in [6, 6.07) is 9.87. The summed E-state index contributed by atoms with van der Waals surface area (Å²) in [7, 11) is -2.48. The van der Waals surface area contributed by atoms with Crippen LogP contribution in [0.2, 0.25) is 0 Å². The van der Waals surface area contributed by atoms with Gasteiger partial charge in [0.25, 0.3) is 10.0 Å². The minimum atomic E-state index is -3.89. The molecule has 8 heteroatoms. The second kappa shape index (κ2) is 6.56. The number of aryl methyl sites for hydroxylation is 2. The van der Waals surface area contributed by atoms with Gasteiger partial charge in [-0.05, 0) is 43.7 Å². The van der Waals surface area contributed by atoms with E-state index in [4.69, 9.17) is 9.26 Å². The first-order valence-electron chi connectivity index (χ1n) is 7.46. The molecule has 0 unspecified atom stereocenters. The zero-order chi connectivity index (χ0) is 18.0. The number of hydrogen-bond acceptors (Lipinski definition) is 6. The Kier molecular flexibility index (Phi) is 4.45. The van der Waals surface area contributed by atoms with Gasteiger partial charge in [0.05, 0.1) is 12.8 Å². The van der Waals surface area contributed by atoms with E-state index in [0.29, 0.717) is 17.0 Å². The highest BCUT2D eigenvalue weighted by Crippen LogP contribution is 2.31. The molecule has 0 aliphatic carbocycles. The lowest BCUT2D eigenvalue weighted by Crippen LogP contribution is -2.15. The molecular formula is C17H17N3O4S. The van der Waals surface area contributed by atoms with E-state index in [9.17, 15) is 8.42 Å². The van der Waals surface area contributed by atoms with Crippen LogP contribution in [0.4, 0.5) is 5.82 Å². The van der Waals surface area contributed by atoms with E-state index in [2.05, 4.69) is 14.9 Å². The zero-order valence-electron chi connectivity index (χ0n) is 14.0. The number of nitrogens with zero attached hydrogens (tertiary/aromatic N) is 2. The third kappa shape index (κ3) is 3.63. The fourth-order valence-corrected chi connectivity index (χ4v) is 3.46. The van der Waals surface area contributed by atoms with Gasteiger partial charge in [-0.1, -0.05) is 11.2 Å². The van der Waals surface area contributed by atoms with Gasteiger partial charge in [-0.2, -0.15) is 0 Å². The molecule has 130 valence electrons. The largest absolute Gasteiger partial charge is 0.495 e. The van der Waals surface area contributed by atoms with Gasteiger partial charge in [0, 0.05) is 17.8 Å². The predicted molar refractivity (Wildman–Crippen MR) is 93.0 cm³/mol. The number of hydrogen-bond donors (Lipinski definition) is 1. The Balaban J connectivity index is 2.02. The Morgan fingerprint density at radius 2 is 1.92 bits per heavy atom. The van der Waals surface area contributed by atoms with E-state index in [-0.39, 0.29) is 16.5 Å². The molecule has 3 rings (SSSR count). The highest BCUT2D eigenvalue weighted by molar-refractivity contribution is 7.92. The molecule has 0 saturated heterocycles. The summed E-state index contributed by atoms with van der Waals surface area (Å²) in [6.45, 7) is 3.66. The quantitative estimate of drug-likeness (QED) is 0.752. The molecular weight excluding hydrogens is 342 g/mol. The van der Waals surface area contributed by atoms with Crippen molar-refractivity contribution < 1.29 is 17.7 Å². The first-order chi connectivity index (χ1) is 11.9. The first kappa shape index (κ1) is 17.0. The Morgan fingerprint density at radius 3 is 2.52 bits per heavy atom. The number of benzene rings is 1. The van der Waals surface area contributed by atoms with E-state index in [1.165, 1.54) is 13.2 Å². The van der Waals surface area contributed by atoms with Crippen molar-refractivity contribution in [2.75, 3.05) is 11.8 Å². The summed E-state index contributed by atoms with van der Waals surface area (Å²) in [6.07, 6.45) is 1.59. The SMILES string of the molecule is COc1ccc(-c2cc(C)no2)cc1S(=O)(=O)Nc1ccc(C)cn1. The molecule has 2 aromatic heterocycles. The number of nitrogens with one attached hydrogen (secondary N) is 1. The van der Waals surface area contributed by atoms with Crippen molar-refractivity contribution in [2.24, 2.45) is 0 Å². The van der Waals surface area contributed by atoms with Crippen molar-refractivity contribution in [1.82, 2.24) is 10.1 Å². The van der Waals surface area contributed by atoms with Gasteiger partial charge >= 0.3 is 0 Å². The lowest BCUT2D eigenvalue weighted by atomic mass is 10.1. The maximum Gasteiger partial charge on any atom is 0.266 e. The maximum absolute atomic E-state index is 12.8. The molecule has 0 bridgehead atoms. The van der Waals surface area contributed by atoms with Crippen molar-refractivity contribution in [1.29, 1.82) is 0 Å². The summed E-state index contributed by atoms with van der Waals surface area (Å²) < 4.78 is 38.4. The van der Waals surface area contributed by atoms with Gasteiger partial charge in [0.15, 0.2) is 5.76 Å². The molecule has 2 heterocycles. The van der Waals surface area contributed by atoms with Crippen LogP contribution in [0, 0.1) is 13.8 Å². The molecule has 25 heavy (non-hydrogen) atoms. The van der Waals surface area contributed by atoms with E-state index in [1.807, 2.05) is 6.92 Å². The molecule has 0 amide bonds. The normalized spacial score (nSPS) is 11.3. The number of ether oxygens (including phenoxy) is 1. The summed E-state index contributed by atoms with van der Waals surface area (Å²) >= 11 is 0. The lowest BCUT2D eigenvalue weighted by molar-refractivity contribution is 0.402. The topological polar surface area (TPSA) is 94.3 Å². The van der Waals surface area contributed by atoms with Gasteiger partial charge in [-0.25, -0.2) is 13.4 Å². The molecule has 0 radical (unpaired) electrons. The van der Waals surface area contributed by atoms with E-state index >= 15 is 0 Å². The van der Waals surface area contributed by atoms with Crippen LogP contribution in [0.3, 0.4) is 0 Å². The van der Waals surface area contributed by atoms with E-state index in [0.717, 1.165) is 5.56 Å². The number of anilines is 1. The average Bonchev–Trinajstić information content (AvgIpc) is 3.02. The summed E-state index contributed by atoms with van der Waals surface area (Å²) in [5.41, 5.74) is 2.22. The van der Waals surface area contributed by atoms with Crippen LogP contribution in [-0.2, 0) is 10.0 Å². The number of rotatable bonds is 5. The molecule has 3 aromatic rings. The van der Waals surface area contributed by atoms with E-state index < -0.39 is 10.0 Å². The van der Waals surface area contributed by atoms with Gasteiger partial charge in [0.2, 0.25) is 0 Å². The molecule has 1 aromatic carbocycles. The molecule has 0 saturated carbocycles. The third-order valence-corrected chi connectivity index (χ3v) is 4.89. The second-order valence-corrected chi connectivity index (χ2v) is 7.18. The third-order valence-electron chi connectivity index (χ3n) is 3.52.